The average Bonchev–Trinajstić information content (AvgIpc) is 2.47. The van der Waals surface area contributed by atoms with Gasteiger partial charge in [-0.1, -0.05) is 0 Å². The lowest BCUT2D eigenvalue weighted by Crippen LogP contribution is -2.33. The van der Waals surface area contributed by atoms with Crippen LogP contribution >= 0.6 is 0 Å². The Morgan fingerprint density at radius 1 is 1.69 bits per heavy atom. The van der Waals surface area contributed by atoms with Gasteiger partial charge in [-0.2, -0.15) is 5.10 Å². The zero-order chi connectivity index (χ0) is 9.84. The van der Waals surface area contributed by atoms with Crippen molar-refractivity contribution >= 4 is 11.8 Å². The van der Waals surface area contributed by atoms with Crippen molar-refractivity contribution < 1.29 is 9.59 Å². The zero-order valence-corrected chi connectivity index (χ0v) is 7.15. The van der Waals surface area contributed by atoms with Crippen molar-refractivity contribution in [1.29, 1.82) is 0 Å². The fraction of sp³-hybridized carbons (Fsp3) is 0.286. The first-order valence-electron chi connectivity index (χ1n) is 3.66. The third kappa shape index (κ3) is 2.58. The van der Waals surface area contributed by atoms with Gasteiger partial charge < -0.3 is 11.1 Å². The van der Waals surface area contributed by atoms with E-state index in [-0.39, 0.29) is 12.2 Å². The predicted octanol–water partition coefficient (Wildman–Crippen LogP) is -1.36. The van der Waals surface area contributed by atoms with Gasteiger partial charge in [0, 0.05) is 13.2 Å². The van der Waals surface area contributed by atoms with Crippen molar-refractivity contribution in [3.8, 4) is 0 Å². The Hall–Kier alpha value is -1.85. The fourth-order valence-electron chi connectivity index (χ4n) is 0.794. The van der Waals surface area contributed by atoms with Crippen LogP contribution in [0.1, 0.15) is 10.5 Å². The minimum atomic E-state index is -0.579. The Kier molecular flexibility index (Phi) is 2.63. The van der Waals surface area contributed by atoms with Crippen LogP contribution in [-0.4, -0.2) is 28.1 Å². The molecule has 0 radical (unpaired) electrons. The summed E-state index contributed by atoms with van der Waals surface area (Å²) in [6.45, 7) is -0.171. The van der Waals surface area contributed by atoms with Crippen LogP contribution in [0.3, 0.4) is 0 Å². The highest BCUT2D eigenvalue weighted by molar-refractivity contribution is 5.94. The number of nitrogens with one attached hydrogen (secondary N) is 1. The molecule has 0 aliphatic rings. The van der Waals surface area contributed by atoms with Crippen LogP contribution in [0, 0.1) is 0 Å². The van der Waals surface area contributed by atoms with E-state index in [1.807, 2.05) is 0 Å². The number of hydrogen-bond donors (Lipinski definition) is 2. The van der Waals surface area contributed by atoms with E-state index in [1.54, 1.807) is 19.3 Å². The smallest absolute Gasteiger partial charge is 0.272 e. The number of hydrogen-bond acceptors (Lipinski definition) is 3. The maximum absolute atomic E-state index is 11.2. The first kappa shape index (κ1) is 9.24. The number of carbonyl (C=O) groups excluding carboxylic acids is 2. The van der Waals surface area contributed by atoms with E-state index in [0.717, 1.165) is 0 Å². The highest BCUT2D eigenvalue weighted by Gasteiger charge is 2.08. The van der Waals surface area contributed by atoms with E-state index in [1.165, 1.54) is 4.68 Å². The summed E-state index contributed by atoms with van der Waals surface area (Å²) in [6.07, 6.45) is 1.64. The van der Waals surface area contributed by atoms with Gasteiger partial charge in [0.2, 0.25) is 5.91 Å². The van der Waals surface area contributed by atoms with Crippen LogP contribution in [0.5, 0.6) is 0 Å². The van der Waals surface area contributed by atoms with Gasteiger partial charge in [0.25, 0.3) is 5.91 Å². The summed E-state index contributed by atoms with van der Waals surface area (Å²) in [5, 5.41) is 6.16. The van der Waals surface area contributed by atoms with Crippen LogP contribution in [-0.2, 0) is 11.8 Å². The van der Waals surface area contributed by atoms with E-state index < -0.39 is 11.8 Å². The van der Waals surface area contributed by atoms with E-state index in [2.05, 4.69) is 10.4 Å². The van der Waals surface area contributed by atoms with Crippen LogP contribution in [0.25, 0.3) is 0 Å². The lowest BCUT2D eigenvalue weighted by atomic mass is 10.4. The Bertz CT molecular complexity index is 331. The molecule has 0 saturated carbocycles. The second-order valence-corrected chi connectivity index (χ2v) is 2.52. The molecule has 1 aromatic rings. The van der Waals surface area contributed by atoms with Crippen molar-refractivity contribution in [2.75, 3.05) is 6.54 Å². The summed E-state index contributed by atoms with van der Waals surface area (Å²) >= 11 is 0. The molecule has 13 heavy (non-hydrogen) atoms. The highest BCUT2D eigenvalue weighted by Crippen LogP contribution is 1.92. The van der Waals surface area contributed by atoms with Crippen LogP contribution in [0.15, 0.2) is 12.3 Å². The molecule has 0 aliphatic heterocycles. The standard InChI is InChI=1S/C7H10N4O2/c1-11-3-2-5(10-11)7(13)9-4-6(8)12/h2-3H,4H2,1H3,(H2,8,12)(H,9,13). The summed E-state index contributed by atoms with van der Waals surface area (Å²) in [5.74, 6) is -0.983. The van der Waals surface area contributed by atoms with Gasteiger partial charge in [-0.3, -0.25) is 14.3 Å². The van der Waals surface area contributed by atoms with Gasteiger partial charge in [0.15, 0.2) is 0 Å². The largest absolute Gasteiger partial charge is 0.368 e. The number of amides is 2. The van der Waals surface area contributed by atoms with E-state index in [4.69, 9.17) is 5.73 Å². The lowest BCUT2D eigenvalue weighted by molar-refractivity contribution is -0.117. The van der Waals surface area contributed by atoms with Crippen molar-refractivity contribution in [1.82, 2.24) is 15.1 Å². The third-order valence-corrected chi connectivity index (χ3v) is 1.37. The minimum Gasteiger partial charge on any atom is -0.368 e. The summed E-state index contributed by atoms with van der Waals surface area (Å²) in [6, 6.07) is 1.55. The number of rotatable bonds is 3. The van der Waals surface area contributed by atoms with Gasteiger partial charge in [-0.05, 0) is 6.07 Å². The van der Waals surface area contributed by atoms with E-state index >= 15 is 0 Å². The van der Waals surface area contributed by atoms with Gasteiger partial charge in [0.1, 0.15) is 5.69 Å². The molecule has 6 nitrogen and oxygen atoms in total. The molecule has 0 aromatic carbocycles. The number of aromatic nitrogens is 2. The summed E-state index contributed by atoms with van der Waals surface area (Å²) in [7, 11) is 1.70. The van der Waals surface area contributed by atoms with Crippen LogP contribution in [0.4, 0.5) is 0 Å². The minimum absolute atomic E-state index is 0.171. The molecule has 70 valence electrons. The van der Waals surface area contributed by atoms with Gasteiger partial charge >= 0.3 is 0 Å². The van der Waals surface area contributed by atoms with Crippen molar-refractivity contribution in [3.05, 3.63) is 18.0 Å². The SMILES string of the molecule is Cn1ccc(C(=O)NCC(N)=O)n1. The molecule has 1 aromatic heterocycles. The second-order valence-electron chi connectivity index (χ2n) is 2.52. The molecule has 0 spiro atoms. The van der Waals surface area contributed by atoms with Crippen molar-refractivity contribution in [3.63, 3.8) is 0 Å². The van der Waals surface area contributed by atoms with Crippen LogP contribution in [0.2, 0.25) is 0 Å². The lowest BCUT2D eigenvalue weighted by Gasteiger charge is -1.97. The quantitative estimate of drug-likeness (QED) is 0.604. The Balaban J connectivity index is 2.54. The summed E-state index contributed by atoms with van der Waals surface area (Å²) in [4.78, 5) is 21.5. The molecule has 3 N–H and O–H groups in total. The number of aryl methyl sites for hydroxylation is 1. The third-order valence-electron chi connectivity index (χ3n) is 1.37. The molecule has 0 bridgehead atoms. The zero-order valence-electron chi connectivity index (χ0n) is 7.15. The van der Waals surface area contributed by atoms with E-state index in [9.17, 15) is 9.59 Å². The van der Waals surface area contributed by atoms with Crippen molar-refractivity contribution in [2.24, 2.45) is 12.8 Å². The Morgan fingerprint density at radius 3 is 2.85 bits per heavy atom. The number of primary amides is 1. The highest BCUT2D eigenvalue weighted by atomic mass is 16.2. The maximum atomic E-state index is 11.2. The van der Waals surface area contributed by atoms with Gasteiger partial charge in [-0.15, -0.1) is 0 Å². The second kappa shape index (κ2) is 3.70. The van der Waals surface area contributed by atoms with Gasteiger partial charge in [-0.25, -0.2) is 0 Å². The molecule has 1 heterocycles. The molecule has 6 heteroatoms. The number of nitrogens with two attached hydrogens (primary N) is 1. The van der Waals surface area contributed by atoms with Crippen LogP contribution < -0.4 is 11.1 Å². The summed E-state index contributed by atoms with van der Waals surface area (Å²) in [5.41, 5.74) is 5.11. The first-order valence-corrected chi connectivity index (χ1v) is 3.66. The Morgan fingerprint density at radius 2 is 2.38 bits per heavy atom. The topological polar surface area (TPSA) is 90.0 Å². The maximum Gasteiger partial charge on any atom is 0.272 e. The summed E-state index contributed by atoms with van der Waals surface area (Å²) < 4.78 is 1.50. The normalized spacial score (nSPS) is 9.62. The Labute approximate surface area is 74.7 Å². The number of carbonyl (C=O) groups is 2. The van der Waals surface area contributed by atoms with Gasteiger partial charge in [0.05, 0.1) is 6.54 Å². The van der Waals surface area contributed by atoms with Crippen molar-refractivity contribution in [2.45, 2.75) is 0 Å². The monoisotopic (exact) mass is 182 g/mol. The molecule has 0 aliphatic carbocycles. The first-order chi connectivity index (χ1) is 6.09. The average molecular weight is 182 g/mol. The number of nitrogens with zero attached hydrogens (tertiary/aromatic N) is 2. The van der Waals surface area contributed by atoms with E-state index in [0.29, 0.717) is 0 Å². The molecular formula is C7H10N4O2. The molecule has 2 amide bonds. The fourth-order valence-corrected chi connectivity index (χ4v) is 0.794. The molecule has 0 saturated heterocycles. The molecule has 0 atom stereocenters. The predicted molar refractivity (Wildman–Crippen MR) is 44.7 cm³/mol. The molecule has 1 rings (SSSR count). The molecule has 0 fully saturated rings. The molecular weight excluding hydrogens is 172 g/mol. The molecule has 0 unspecified atom stereocenters.